The number of hydrogen-bond donors (Lipinski definition) is 1. The average Bonchev–Trinajstić information content (AvgIpc) is 2.89. The van der Waals surface area contributed by atoms with Crippen LogP contribution in [0, 0.1) is 5.92 Å². The van der Waals surface area contributed by atoms with E-state index in [-0.39, 0.29) is 12.8 Å². The van der Waals surface area contributed by atoms with Gasteiger partial charge in [0.25, 0.3) is 0 Å². The lowest BCUT2D eigenvalue weighted by Gasteiger charge is -2.28. The summed E-state index contributed by atoms with van der Waals surface area (Å²) in [6.45, 7) is 7.03. The molecule has 2 heterocycles. The molecule has 4 nitrogen and oxygen atoms in total. The number of carbonyl (C=O) groups excluding carboxylic acids is 1. The van der Waals surface area contributed by atoms with Crippen LogP contribution in [0.1, 0.15) is 46.5 Å². The largest absolute Gasteiger partial charge is 0.444 e. The van der Waals surface area contributed by atoms with Gasteiger partial charge >= 0.3 is 6.09 Å². The van der Waals surface area contributed by atoms with Gasteiger partial charge in [0.05, 0.1) is 6.67 Å². The van der Waals surface area contributed by atoms with Gasteiger partial charge in [0.1, 0.15) is 5.60 Å². The van der Waals surface area contributed by atoms with Crippen molar-refractivity contribution in [2.24, 2.45) is 5.92 Å². The minimum atomic E-state index is -0.437. The molecule has 2 saturated heterocycles. The third-order valence-electron chi connectivity index (χ3n) is 4.16. The fourth-order valence-electron chi connectivity index (χ4n) is 3.41. The van der Waals surface area contributed by atoms with Crippen molar-refractivity contribution in [1.29, 1.82) is 0 Å². The second kappa shape index (κ2) is 6.29. The Morgan fingerprint density at radius 2 is 2.15 bits per heavy atom. The minimum Gasteiger partial charge on any atom is -0.444 e. The molecule has 2 rings (SSSR count). The molecular weight excluding hydrogens is 259 g/mol. The molecule has 2 aliphatic rings. The molecule has 116 valence electrons. The smallest absolute Gasteiger partial charge is 0.410 e. The van der Waals surface area contributed by atoms with E-state index in [0.717, 1.165) is 32.4 Å². The molecule has 0 aliphatic carbocycles. The van der Waals surface area contributed by atoms with Gasteiger partial charge in [-0.05, 0) is 65.5 Å². The highest BCUT2D eigenvalue weighted by atomic mass is 19.1. The van der Waals surface area contributed by atoms with Crippen molar-refractivity contribution in [2.45, 2.75) is 64.1 Å². The molecule has 0 aromatic rings. The van der Waals surface area contributed by atoms with Gasteiger partial charge in [0.2, 0.25) is 0 Å². The number of amides is 1. The summed E-state index contributed by atoms with van der Waals surface area (Å²) in [5, 5.41) is 3.30. The Morgan fingerprint density at radius 1 is 1.40 bits per heavy atom. The van der Waals surface area contributed by atoms with Crippen molar-refractivity contribution in [3.8, 4) is 0 Å². The number of halogens is 1. The maximum Gasteiger partial charge on any atom is 0.410 e. The standard InChI is InChI=1S/C15H27FN2O2/c1-15(2,3)20-14(19)18-12-5-6-13(18)11(9-12)10-17-8-4-7-16/h11-13,17H,4-10H2,1-3H3. The molecule has 2 fully saturated rings. The molecule has 5 heteroatoms. The van der Waals surface area contributed by atoms with Crippen LogP contribution in [0.15, 0.2) is 0 Å². The van der Waals surface area contributed by atoms with E-state index in [1.807, 2.05) is 25.7 Å². The molecule has 0 aromatic heterocycles. The van der Waals surface area contributed by atoms with Crippen LogP contribution in [0.3, 0.4) is 0 Å². The van der Waals surface area contributed by atoms with Gasteiger partial charge in [-0.1, -0.05) is 0 Å². The summed E-state index contributed by atoms with van der Waals surface area (Å²) in [6.07, 6.45) is 3.60. The number of rotatable bonds is 5. The predicted molar refractivity (Wildman–Crippen MR) is 76.5 cm³/mol. The highest BCUT2D eigenvalue weighted by Crippen LogP contribution is 2.42. The third-order valence-corrected chi connectivity index (χ3v) is 4.16. The Morgan fingerprint density at radius 3 is 2.80 bits per heavy atom. The monoisotopic (exact) mass is 286 g/mol. The highest BCUT2D eigenvalue weighted by Gasteiger charge is 2.49. The number of alkyl halides is 1. The Bertz CT molecular complexity index is 343. The molecule has 0 spiro atoms. The zero-order valence-electron chi connectivity index (χ0n) is 12.8. The minimum absolute atomic E-state index is 0.170. The molecule has 2 bridgehead atoms. The second-order valence-corrected chi connectivity index (χ2v) is 6.93. The normalized spacial score (nSPS) is 29.0. The lowest BCUT2D eigenvalue weighted by Crippen LogP contribution is -2.41. The van der Waals surface area contributed by atoms with E-state index in [0.29, 0.717) is 24.4 Å². The van der Waals surface area contributed by atoms with Crippen LogP contribution in [0.5, 0.6) is 0 Å². The topological polar surface area (TPSA) is 41.6 Å². The number of ether oxygens (including phenoxy) is 1. The van der Waals surface area contributed by atoms with Gasteiger partial charge < -0.3 is 15.0 Å². The molecule has 1 amide bonds. The van der Waals surface area contributed by atoms with Crippen molar-refractivity contribution in [3.63, 3.8) is 0 Å². The molecule has 3 unspecified atom stereocenters. The van der Waals surface area contributed by atoms with Crippen LogP contribution in [0.25, 0.3) is 0 Å². The van der Waals surface area contributed by atoms with Crippen LogP contribution < -0.4 is 5.32 Å². The SMILES string of the molecule is CC(C)(C)OC(=O)N1C2CCC1C(CNCCCF)C2. The summed E-state index contributed by atoms with van der Waals surface area (Å²) in [6, 6.07) is 0.635. The average molecular weight is 286 g/mol. The number of hydrogen-bond acceptors (Lipinski definition) is 3. The Kier molecular flexibility index (Phi) is 4.89. The first-order valence-corrected chi connectivity index (χ1v) is 7.70. The maximum absolute atomic E-state index is 12.3. The number of carbonyl (C=O) groups is 1. The van der Waals surface area contributed by atoms with Crippen molar-refractivity contribution in [3.05, 3.63) is 0 Å². The maximum atomic E-state index is 12.3. The van der Waals surface area contributed by atoms with Crippen LogP contribution >= 0.6 is 0 Å². The van der Waals surface area contributed by atoms with Gasteiger partial charge in [-0.15, -0.1) is 0 Å². The summed E-state index contributed by atoms with van der Waals surface area (Å²) >= 11 is 0. The van der Waals surface area contributed by atoms with Gasteiger partial charge in [-0.2, -0.15) is 0 Å². The van der Waals surface area contributed by atoms with Crippen LogP contribution in [0.4, 0.5) is 9.18 Å². The summed E-state index contributed by atoms with van der Waals surface area (Å²) in [5.41, 5.74) is -0.437. The van der Waals surface area contributed by atoms with Gasteiger partial charge in [-0.3, -0.25) is 4.39 Å². The number of nitrogens with zero attached hydrogens (tertiary/aromatic N) is 1. The first-order chi connectivity index (χ1) is 9.42. The first kappa shape index (κ1) is 15.5. The fourth-order valence-corrected chi connectivity index (χ4v) is 3.41. The summed E-state index contributed by atoms with van der Waals surface area (Å²) < 4.78 is 17.6. The van der Waals surface area contributed by atoms with Crippen LogP contribution in [-0.4, -0.2) is 48.4 Å². The summed E-state index contributed by atoms with van der Waals surface area (Å²) in [4.78, 5) is 14.2. The molecule has 0 aromatic carbocycles. The number of nitrogens with one attached hydrogen (secondary N) is 1. The lowest BCUT2D eigenvalue weighted by molar-refractivity contribution is 0.0205. The van der Waals surface area contributed by atoms with Crippen molar-refractivity contribution in [1.82, 2.24) is 10.2 Å². The quantitative estimate of drug-likeness (QED) is 0.790. The molecule has 20 heavy (non-hydrogen) atoms. The fraction of sp³-hybridized carbons (Fsp3) is 0.933. The first-order valence-electron chi connectivity index (χ1n) is 7.70. The zero-order valence-corrected chi connectivity index (χ0v) is 12.8. The lowest BCUT2D eigenvalue weighted by atomic mass is 9.89. The molecule has 3 atom stereocenters. The molecule has 1 N–H and O–H groups in total. The van der Waals surface area contributed by atoms with E-state index < -0.39 is 5.60 Å². The van der Waals surface area contributed by atoms with Crippen molar-refractivity contribution >= 4 is 6.09 Å². The highest BCUT2D eigenvalue weighted by molar-refractivity contribution is 5.70. The predicted octanol–water partition coefficient (Wildman–Crippen LogP) is 2.72. The summed E-state index contributed by atoms with van der Waals surface area (Å²) in [5.74, 6) is 0.487. The van der Waals surface area contributed by atoms with Crippen LogP contribution in [0.2, 0.25) is 0 Å². The third kappa shape index (κ3) is 3.62. The zero-order chi connectivity index (χ0) is 14.8. The second-order valence-electron chi connectivity index (χ2n) is 6.93. The van der Waals surface area contributed by atoms with Crippen molar-refractivity contribution < 1.29 is 13.9 Å². The van der Waals surface area contributed by atoms with E-state index in [1.165, 1.54) is 0 Å². The molecule has 0 radical (unpaired) electrons. The van der Waals surface area contributed by atoms with E-state index in [2.05, 4.69) is 5.32 Å². The van der Waals surface area contributed by atoms with E-state index >= 15 is 0 Å². The van der Waals surface area contributed by atoms with Gasteiger partial charge in [-0.25, -0.2) is 4.79 Å². The van der Waals surface area contributed by atoms with E-state index in [1.54, 1.807) is 0 Å². The molecule has 2 aliphatic heterocycles. The van der Waals surface area contributed by atoms with Gasteiger partial charge in [0.15, 0.2) is 0 Å². The van der Waals surface area contributed by atoms with Crippen molar-refractivity contribution in [2.75, 3.05) is 19.8 Å². The molecule has 0 saturated carbocycles. The molecular formula is C15H27FN2O2. The summed E-state index contributed by atoms with van der Waals surface area (Å²) in [7, 11) is 0. The Balaban J connectivity index is 1.85. The number of fused-ring (bicyclic) bond motifs is 2. The Labute approximate surface area is 121 Å². The van der Waals surface area contributed by atoms with Crippen LogP contribution in [-0.2, 0) is 4.74 Å². The van der Waals surface area contributed by atoms with Gasteiger partial charge in [0, 0.05) is 12.1 Å². The van der Waals surface area contributed by atoms with E-state index in [9.17, 15) is 9.18 Å². The Hall–Kier alpha value is -0.840. The van der Waals surface area contributed by atoms with E-state index in [4.69, 9.17) is 4.74 Å².